The molecule has 1 aromatic heterocycles. The number of hydrogen-bond acceptors (Lipinski definition) is 5. The van der Waals surface area contributed by atoms with Gasteiger partial charge in [0.25, 0.3) is 0 Å². The van der Waals surface area contributed by atoms with E-state index in [1.54, 1.807) is 14.0 Å². The summed E-state index contributed by atoms with van der Waals surface area (Å²) in [6.45, 7) is 3.18. The zero-order chi connectivity index (χ0) is 14.8. The maximum atomic E-state index is 12.2. The van der Waals surface area contributed by atoms with Gasteiger partial charge in [0.05, 0.1) is 40.9 Å². The Morgan fingerprint density at radius 1 is 1.53 bits per heavy atom. The van der Waals surface area contributed by atoms with Crippen LogP contribution in [0, 0.1) is 6.92 Å². The summed E-state index contributed by atoms with van der Waals surface area (Å²) >= 11 is 6.02. The number of halogens is 1. The fourth-order valence-corrected chi connectivity index (χ4v) is 3.31. The summed E-state index contributed by atoms with van der Waals surface area (Å²) in [5, 5.41) is 3.58. The minimum Gasteiger partial charge on any atom is -0.469 e. The van der Waals surface area contributed by atoms with Gasteiger partial charge in [0, 0.05) is 7.05 Å². The molecule has 0 aliphatic rings. The molecule has 0 saturated heterocycles. The molecule has 6 nitrogen and oxygen atoms in total. The second-order valence-electron chi connectivity index (χ2n) is 4.37. The van der Waals surface area contributed by atoms with Crippen LogP contribution in [0.2, 0.25) is 5.02 Å². The molecule has 0 aromatic carbocycles. The molecule has 0 N–H and O–H groups in total. The zero-order valence-corrected chi connectivity index (χ0v) is 12.9. The highest BCUT2D eigenvalue weighted by Gasteiger charge is 2.27. The summed E-state index contributed by atoms with van der Waals surface area (Å²) in [6.07, 6.45) is -0.173. The van der Waals surface area contributed by atoms with E-state index in [1.807, 2.05) is 0 Å². The van der Waals surface area contributed by atoms with Crippen LogP contribution in [0.25, 0.3) is 0 Å². The fourth-order valence-electron chi connectivity index (χ4n) is 1.61. The van der Waals surface area contributed by atoms with Gasteiger partial charge < -0.3 is 4.74 Å². The van der Waals surface area contributed by atoms with E-state index in [-0.39, 0.29) is 12.2 Å². The number of methoxy groups -OCH3 is 1. The lowest BCUT2D eigenvalue weighted by molar-refractivity contribution is -0.140. The van der Waals surface area contributed by atoms with E-state index in [2.05, 4.69) is 9.84 Å². The number of hydrogen-bond donors (Lipinski definition) is 0. The van der Waals surface area contributed by atoms with Crippen molar-refractivity contribution in [1.82, 2.24) is 9.78 Å². The number of esters is 1. The van der Waals surface area contributed by atoms with Crippen molar-refractivity contribution < 1.29 is 17.9 Å². The van der Waals surface area contributed by atoms with E-state index in [4.69, 9.17) is 11.6 Å². The highest BCUT2D eigenvalue weighted by atomic mass is 35.5. The van der Waals surface area contributed by atoms with Crippen LogP contribution in [0.5, 0.6) is 0 Å². The number of aromatic nitrogens is 2. The molecule has 1 aromatic rings. The normalized spacial score (nSPS) is 13.3. The van der Waals surface area contributed by atoms with Gasteiger partial charge in [-0.1, -0.05) is 11.6 Å². The molecule has 0 amide bonds. The molecular formula is C11H17ClN2O4S. The molecule has 0 spiro atoms. The lowest BCUT2D eigenvalue weighted by Gasteiger charge is -2.12. The summed E-state index contributed by atoms with van der Waals surface area (Å²) in [5.41, 5.74) is 1.01. The zero-order valence-electron chi connectivity index (χ0n) is 11.3. The smallest absolute Gasteiger partial charge is 0.306 e. The molecule has 0 aliphatic heterocycles. The first-order valence-electron chi connectivity index (χ1n) is 5.65. The molecule has 1 atom stereocenters. The molecule has 0 radical (unpaired) electrons. The Balaban J connectivity index is 2.93. The van der Waals surface area contributed by atoms with Crippen molar-refractivity contribution in [2.24, 2.45) is 7.05 Å². The van der Waals surface area contributed by atoms with Gasteiger partial charge in [-0.2, -0.15) is 5.10 Å². The Bertz CT molecular complexity index is 580. The predicted molar refractivity (Wildman–Crippen MR) is 71.7 cm³/mol. The molecule has 1 unspecified atom stereocenters. The number of carbonyl (C=O) groups excluding carboxylic acids is 1. The van der Waals surface area contributed by atoms with Crippen molar-refractivity contribution in [3.05, 3.63) is 16.4 Å². The van der Waals surface area contributed by atoms with Crippen molar-refractivity contribution in [3.8, 4) is 0 Å². The second-order valence-corrected chi connectivity index (χ2v) is 7.16. The summed E-state index contributed by atoms with van der Waals surface area (Å²) in [5.74, 6) is -0.801. The fraction of sp³-hybridized carbons (Fsp3) is 0.636. The Hall–Kier alpha value is -1.08. The minimum absolute atomic E-state index is 0.173. The third-order valence-corrected chi connectivity index (χ3v) is 5.45. The van der Waals surface area contributed by atoms with Crippen LogP contribution in [0.15, 0.2) is 0 Å². The summed E-state index contributed by atoms with van der Waals surface area (Å²) < 4.78 is 30.2. The van der Waals surface area contributed by atoms with Gasteiger partial charge in [-0.15, -0.1) is 0 Å². The topological polar surface area (TPSA) is 78.3 Å². The van der Waals surface area contributed by atoms with Crippen molar-refractivity contribution in [3.63, 3.8) is 0 Å². The Morgan fingerprint density at radius 2 is 2.11 bits per heavy atom. The third-order valence-electron chi connectivity index (χ3n) is 2.89. The summed E-state index contributed by atoms with van der Waals surface area (Å²) in [4.78, 5) is 11.1. The van der Waals surface area contributed by atoms with E-state index in [0.717, 1.165) is 0 Å². The largest absolute Gasteiger partial charge is 0.469 e. The summed E-state index contributed by atoms with van der Waals surface area (Å²) in [7, 11) is -0.637. The van der Waals surface area contributed by atoms with E-state index >= 15 is 0 Å². The molecule has 0 fully saturated rings. The van der Waals surface area contributed by atoms with Gasteiger partial charge >= 0.3 is 5.97 Å². The SMILES string of the molecule is COC(=O)CC(C)S(=O)(=O)Cc1c(Cl)c(C)nn1C. The van der Waals surface area contributed by atoms with E-state index in [9.17, 15) is 13.2 Å². The number of ether oxygens (including phenoxy) is 1. The monoisotopic (exact) mass is 308 g/mol. The lowest BCUT2D eigenvalue weighted by atomic mass is 10.3. The molecule has 0 aliphatic carbocycles. The number of nitrogens with zero attached hydrogens (tertiary/aromatic N) is 2. The lowest BCUT2D eigenvalue weighted by Crippen LogP contribution is -2.24. The Morgan fingerprint density at radius 3 is 2.53 bits per heavy atom. The highest BCUT2D eigenvalue weighted by molar-refractivity contribution is 7.91. The van der Waals surface area contributed by atoms with Gasteiger partial charge in [0.15, 0.2) is 9.84 Å². The Labute approximate surface area is 117 Å². The van der Waals surface area contributed by atoms with Gasteiger partial charge in [-0.25, -0.2) is 8.42 Å². The van der Waals surface area contributed by atoms with Crippen LogP contribution in [0.1, 0.15) is 24.7 Å². The van der Waals surface area contributed by atoms with Crippen molar-refractivity contribution >= 4 is 27.4 Å². The molecule has 1 rings (SSSR count). The van der Waals surface area contributed by atoms with Gasteiger partial charge in [0.1, 0.15) is 0 Å². The first-order valence-corrected chi connectivity index (χ1v) is 7.74. The minimum atomic E-state index is -3.50. The maximum absolute atomic E-state index is 12.2. The first kappa shape index (κ1) is 16.0. The Kier molecular flexibility index (Phi) is 4.98. The maximum Gasteiger partial charge on any atom is 0.306 e. The molecule has 19 heavy (non-hydrogen) atoms. The van der Waals surface area contributed by atoms with Crippen LogP contribution in [-0.4, -0.2) is 36.5 Å². The van der Waals surface area contributed by atoms with Crippen LogP contribution in [0.4, 0.5) is 0 Å². The number of aryl methyl sites for hydroxylation is 2. The first-order chi connectivity index (χ1) is 8.69. The predicted octanol–water partition coefficient (Wildman–Crippen LogP) is 1.25. The van der Waals surface area contributed by atoms with Crippen molar-refractivity contribution in [2.75, 3.05) is 7.11 Å². The van der Waals surface area contributed by atoms with Gasteiger partial charge in [-0.3, -0.25) is 9.48 Å². The van der Waals surface area contributed by atoms with Gasteiger partial charge in [0.2, 0.25) is 0 Å². The van der Waals surface area contributed by atoms with Crippen LogP contribution >= 0.6 is 11.6 Å². The van der Waals surface area contributed by atoms with Crippen LogP contribution in [0.3, 0.4) is 0 Å². The highest BCUT2D eigenvalue weighted by Crippen LogP contribution is 2.23. The van der Waals surface area contributed by atoms with E-state index in [1.165, 1.54) is 18.7 Å². The molecule has 0 bridgehead atoms. The molecule has 8 heteroatoms. The average molecular weight is 309 g/mol. The molecule has 1 heterocycles. The molecule has 0 saturated carbocycles. The standard InChI is InChI=1S/C11H17ClN2O4S/c1-7(5-10(15)18-4)19(16,17)6-9-11(12)8(2)13-14(9)3/h7H,5-6H2,1-4H3. The van der Waals surface area contributed by atoms with E-state index < -0.39 is 21.1 Å². The summed E-state index contributed by atoms with van der Waals surface area (Å²) in [6, 6.07) is 0. The number of sulfone groups is 1. The number of rotatable bonds is 5. The average Bonchev–Trinajstić information content (AvgIpc) is 2.55. The molecular weight excluding hydrogens is 292 g/mol. The van der Waals surface area contributed by atoms with Crippen LogP contribution in [-0.2, 0) is 32.2 Å². The quantitative estimate of drug-likeness (QED) is 0.765. The second kappa shape index (κ2) is 5.92. The van der Waals surface area contributed by atoms with Crippen molar-refractivity contribution in [1.29, 1.82) is 0 Å². The van der Waals surface area contributed by atoms with E-state index in [0.29, 0.717) is 16.4 Å². The number of carbonyl (C=O) groups is 1. The van der Waals surface area contributed by atoms with Crippen LogP contribution < -0.4 is 0 Å². The third kappa shape index (κ3) is 3.70. The van der Waals surface area contributed by atoms with Crippen molar-refractivity contribution in [2.45, 2.75) is 31.3 Å². The van der Waals surface area contributed by atoms with Gasteiger partial charge in [-0.05, 0) is 13.8 Å². The molecule has 108 valence electrons.